The SMILES string of the molecule is C=C(C)c1c(C)cccc1C=O. The Morgan fingerprint density at radius 2 is 2.17 bits per heavy atom. The van der Waals surface area contributed by atoms with Crippen molar-refractivity contribution in [3.63, 3.8) is 0 Å². The molecule has 0 atom stereocenters. The molecule has 0 aliphatic carbocycles. The molecular weight excluding hydrogens is 148 g/mol. The first-order chi connectivity index (χ1) is 5.66. The van der Waals surface area contributed by atoms with Crippen LogP contribution in [0.15, 0.2) is 24.8 Å². The van der Waals surface area contributed by atoms with Gasteiger partial charge >= 0.3 is 0 Å². The maximum atomic E-state index is 10.6. The van der Waals surface area contributed by atoms with Crippen LogP contribution in [-0.4, -0.2) is 6.29 Å². The molecule has 0 aromatic heterocycles. The number of hydrogen-bond acceptors (Lipinski definition) is 1. The molecule has 0 heterocycles. The maximum absolute atomic E-state index is 10.6. The zero-order valence-corrected chi connectivity index (χ0v) is 7.42. The van der Waals surface area contributed by atoms with Gasteiger partial charge in [0.2, 0.25) is 0 Å². The lowest BCUT2D eigenvalue weighted by Gasteiger charge is -2.06. The van der Waals surface area contributed by atoms with E-state index in [1.165, 1.54) is 0 Å². The summed E-state index contributed by atoms with van der Waals surface area (Å²) in [4.78, 5) is 10.6. The molecule has 0 aliphatic heterocycles. The molecule has 0 radical (unpaired) electrons. The molecule has 0 spiro atoms. The molecule has 1 nitrogen and oxygen atoms in total. The minimum atomic E-state index is 0.725. The topological polar surface area (TPSA) is 17.1 Å². The summed E-state index contributed by atoms with van der Waals surface area (Å²) in [6, 6.07) is 5.67. The van der Waals surface area contributed by atoms with E-state index in [4.69, 9.17) is 0 Å². The van der Waals surface area contributed by atoms with Crippen LogP contribution >= 0.6 is 0 Å². The van der Waals surface area contributed by atoms with Gasteiger partial charge in [-0.3, -0.25) is 4.79 Å². The number of rotatable bonds is 2. The van der Waals surface area contributed by atoms with Gasteiger partial charge in [-0.2, -0.15) is 0 Å². The van der Waals surface area contributed by atoms with Crippen LogP contribution < -0.4 is 0 Å². The Bertz CT molecular complexity index is 324. The first-order valence-electron chi connectivity index (χ1n) is 3.87. The van der Waals surface area contributed by atoms with Gasteiger partial charge < -0.3 is 0 Å². The minimum Gasteiger partial charge on any atom is -0.298 e. The van der Waals surface area contributed by atoms with E-state index in [-0.39, 0.29) is 0 Å². The Kier molecular flexibility index (Phi) is 2.44. The Morgan fingerprint density at radius 3 is 2.58 bits per heavy atom. The second-order valence-electron chi connectivity index (χ2n) is 2.94. The van der Waals surface area contributed by atoms with E-state index in [2.05, 4.69) is 6.58 Å². The maximum Gasteiger partial charge on any atom is 0.150 e. The van der Waals surface area contributed by atoms with Gasteiger partial charge in [-0.15, -0.1) is 0 Å². The molecule has 0 saturated carbocycles. The molecule has 1 rings (SSSR count). The highest BCUT2D eigenvalue weighted by Crippen LogP contribution is 2.19. The van der Waals surface area contributed by atoms with E-state index in [9.17, 15) is 4.79 Å². The fourth-order valence-electron chi connectivity index (χ4n) is 1.37. The number of carbonyl (C=O) groups excluding carboxylic acids is 1. The Morgan fingerprint density at radius 1 is 1.50 bits per heavy atom. The number of benzene rings is 1. The molecule has 0 amide bonds. The van der Waals surface area contributed by atoms with Gasteiger partial charge in [-0.1, -0.05) is 30.4 Å². The monoisotopic (exact) mass is 160 g/mol. The van der Waals surface area contributed by atoms with E-state index < -0.39 is 0 Å². The molecule has 1 aromatic rings. The van der Waals surface area contributed by atoms with Gasteiger partial charge in [0.05, 0.1) is 0 Å². The van der Waals surface area contributed by atoms with Crippen molar-refractivity contribution in [2.24, 2.45) is 0 Å². The van der Waals surface area contributed by atoms with Crippen LogP contribution in [-0.2, 0) is 0 Å². The number of aldehydes is 1. The molecule has 0 bridgehead atoms. The van der Waals surface area contributed by atoms with Gasteiger partial charge in [0.15, 0.2) is 6.29 Å². The smallest absolute Gasteiger partial charge is 0.150 e. The van der Waals surface area contributed by atoms with E-state index in [1.807, 2.05) is 32.0 Å². The summed E-state index contributed by atoms with van der Waals surface area (Å²) < 4.78 is 0. The van der Waals surface area contributed by atoms with Crippen LogP contribution in [0, 0.1) is 6.92 Å². The molecule has 0 unspecified atom stereocenters. The second kappa shape index (κ2) is 3.35. The fourth-order valence-corrected chi connectivity index (χ4v) is 1.37. The quantitative estimate of drug-likeness (QED) is 0.608. The predicted molar refractivity (Wildman–Crippen MR) is 51.3 cm³/mol. The van der Waals surface area contributed by atoms with Crippen molar-refractivity contribution in [3.8, 4) is 0 Å². The van der Waals surface area contributed by atoms with Crippen molar-refractivity contribution in [2.75, 3.05) is 0 Å². The highest BCUT2D eigenvalue weighted by molar-refractivity contribution is 5.85. The van der Waals surface area contributed by atoms with E-state index in [1.54, 1.807) is 0 Å². The van der Waals surface area contributed by atoms with Crippen molar-refractivity contribution in [3.05, 3.63) is 41.5 Å². The predicted octanol–water partition coefficient (Wildman–Crippen LogP) is 2.84. The normalized spacial score (nSPS) is 9.50. The summed E-state index contributed by atoms with van der Waals surface area (Å²) in [6.07, 6.45) is 0.872. The summed E-state index contributed by atoms with van der Waals surface area (Å²) in [7, 11) is 0. The summed E-state index contributed by atoms with van der Waals surface area (Å²) in [5, 5.41) is 0. The molecular formula is C11H12O. The van der Waals surface area contributed by atoms with Crippen LogP contribution in [0.2, 0.25) is 0 Å². The second-order valence-corrected chi connectivity index (χ2v) is 2.94. The molecule has 0 saturated heterocycles. The van der Waals surface area contributed by atoms with Gasteiger partial charge in [-0.05, 0) is 25.0 Å². The summed E-state index contributed by atoms with van der Waals surface area (Å²) in [5.74, 6) is 0. The van der Waals surface area contributed by atoms with Crippen molar-refractivity contribution >= 4 is 11.9 Å². The zero-order valence-electron chi connectivity index (χ0n) is 7.42. The highest BCUT2D eigenvalue weighted by atomic mass is 16.1. The lowest BCUT2D eigenvalue weighted by Crippen LogP contribution is -1.92. The van der Waals surface area contributed by atoms with Crippen LogP contribution in [0.1, 0.15) is 28.4 Å². The Balaban J connectivity index is 3.39. The van der Waals surface area contributed by atoms with E-state index in [0.717, 1.165) is 28.5 Å². The third kappa shape index (κ3) is 1.45. The highest BCUT2D eigenvalue weighted by Gasteiger charge is 2.03. The lowest BCUT2D eigenvalue weighted by atomic mass is 9.98. The van der Waals surface area contributed by atoms with Gasteiger partial charge in [0, 0.05) is 5.56 Å². The minimum absolute atomic E-state index is 0.725. The zero-order chi connectivity index (χ0) is 9.14. The average molecular weight is 160 g/mol. The fraction of sp³-hybridized carbons (Fsp3) is 0.182. The molecule has 1 aromatic carbocycles. The summed E-state index contributed by atoms with van der Waals surface area (Å²) >= 11 is 0. The third-order valence-corrected chi connectivity index (χ3v) is 1.86. The van der Waals surface area contributed by atoms with Crippen LogP contribution in [0.3, 0.4) is 0 Å². The van der Waals surface area contributed by atoms with E-state index >= 15 is 0 Å². The molecule has 0 N–H and O–H groups in total. The van der Waals surface area contributed by atoms with Gasteiger partial charge in [0.1, 0.15) is 0 Å². The van der Waals surface area contributed by atoms with Gasteiger partial charge in [0.25, 0.3) is 0 Å². The Hall–Kier alpha value is -1.37. The van der Waals surface area contributed by atoms with Crippen LogP contribution in [0.4, 0.5) is 0 Å². The van der Waals surface area contributed by atoms with E-state index in [0.29, 0.717) is 0 Å². The molecule has 62 valence electrons. The number of allylic oxidation sites excluding steroid dienone is 1. The van der Waals surface area contributed by atoms with Crippen molar-refractivity contribution in [1.82, 2.24) is 0 Å². The van der Waals surface area contributed by atoms with Crippen LogP contribution in [0.5, 0.6) is 0 Å². The number of carbonyl (C=O) groups is 1. The standard InChI is InChI=1S/C11H12O/c1-8(2)11-9(3)5-4-6-10(11)7-12/h4-7H,1H2,2-3H3. The first kappa shape index (κ1) is 8.72. The number of hydrogen-bond donors (Lipinski definition) is 0. The summed E-state index contributed by atoms with van der Waals surface area (Å²) in [6.45, 7) is 7.73. The molecule has 0 fully saturated rings. The van der Waals surface area contributed by atoms with Crippen molar-refractivity contribution < 1.29 is 4.79 Å². The van der Waals surface area contributed by atoms with Crippen molar-refractivity contribution in [1.29, 1.82) is 0 Å². The molecule has 12 heavy (non-hydrogen) atoms. The third-order valence-electron chi connectivity index (χ3n) is 1.86. The molecule has 0 aliphatic rings. The summed E-state index contributed by atoms with van der Waals surface area (Å²) in [5.41, 5.74) is 3.75. The largest absolute Gasteiger partial charge is 0.298 e. The lowest BCUT2D eigenvalue weighted by molar-refractivity contribution is 0.112. The van der Waals surface area contributed by atoms with Gasteiger partial charge in [-0.25, -0.2) is 0 Å². The number of aryl methyl sites for hydroxylation is 1. The first-order valence-corrected chi connectivity index (χ1v) is 3.87. The van der Waals surface area contributed by atoms with Crippen LogP contribution in [0.25, 0.3) is 5.57 Å². The molecule has 1 heteroatoms. The average Bonchev–Trinajstić information content (AvgIpc) is 2.03. The Labute approximate surface area is 72.7 Å². The van der Waals surface area contributed by atoms with Crippen molar-refractivity contribution in [2.45, 2.75) is 13.8 Å².